The van der Waals surface area contributed by atoms with E-state index in [1.165, 1.54) is 4.90 Å². The number of carbonyl (C=O) groups excluding carboxylic acids is 3. The number of benzene rings is 2. The Morgan fingerprint density at radius 1 is 1.03 bits per heavy atom. The Morgan fingerprint density at radius 2 is 1.69 bits per heavy atom. The predicted octanol–water partition coefficient (Wildman–Crippen LogP) is 2.73. The largest absolute Gasteiger partial charge is 0.339 e. The molecule has 6 nitrogen and oxygen atoms in total. The third kappa shape index (κ3) is 4.04. The molecule has 3 amide bonds. The van der Waals surface area contributed by atoms with E-state index in [2.05, 4.69) is 5.32 Å². The molecule has 2 aliphatic heterocycles. The number of hydrogen-bond acceptors (Lipinski definition) is 4. The molecule has 0 aromatic heterocycles. The molecule has 0 unspecified atom stereocenters. The van der Waals surface area contributed by atoms with Gasteiger partial charge in [-0.3, -0.25) is 19.3 Å². The van der Waals surface area contributed by atoms with Crippen LogP contribution in [-0.4, -0.2) is 53.7 Å². The number of fused-ring (bicyclic) bond motifs is 1. The number of rotatable bonds is 4. The Hall–Kier alpha value is -2.70. The van der Waals surface area contributed by atoms with E-state index in [1.807, 2.05) is 30.3 Å². The number of carbonyl (C=O) groups is 3. The van der Waals surface area contributed by atoms with Crippen LogP contribution < -0.4 is 5.32 Å². The van der Waals surface area contributed by atoms with Gasteiger partial charge in [0.05, 0.1) is 17.7 Å². The summed E-state index contributed by atoms with van der Waals surface area (Å²) in [5, 5.41) is 3.29. The van der Waals surface area contributed by atoms with Crippen LogP contribution in [0.5, 0.6) is 0 Å². The summed E-state index contributed by atoms with van der Waals surface area (Å²) in [5.41, 5.74) is 2.01. The van der Waals surface area contributed by atoms with Gasteiger partial charge in [-0.1, -0.05) is 30.3 Å². The number of nitrogens with one attached hydrogen (secondary N) is 1. The van der Waals surface area contributed by atoms with Gasteiger partial charge in [0.15, 0.2) is 0 Å². The lowest BCUT2D eigenvalue weighted by molar-refractivity contribution is 0.0641. The highest BCUT2D eigenvalue weighted by Gasteiger charge is 2.36. The summed E-state index contributed by atoms with van der Waals surface area (Å²) in [4.78, 5) is 41.4. The molecule has 4 rings (SSSR count). The first-order valence-corrected chi connectivity index (χ1v) is 9.58. The van der Waals surface area contributed by atoms with E-state index in [0.717, 1.165) is 31.5 Å². The summed E-state index contributed by atoms with van der Waals surface area (Å²) >= 11 is 0. The van der Waals surface area contributed by atoms with Crippen molar-refractivity contribution in [3.63, 3.8) is 0 Å². The third-order valence-corrected chi connectivity index (χ3v) is 5.58. The molecule has 0 atom stereocenters. The van der Waals surface area contributed by atoms with E-state index in [9.17, 15) is 14.4 Å². The summed E-state index contributed by atoms with van der Waals surface area (Å²) in [5.74, 6) is -0.769. The Labute approximate surface area is 176 Å². The van der Waals surface area contributed by atoms with Crippen LogP contribution in [0.15, 0.2) is 48.5 Å². The standard InChI is InChI=1S/C22H23N3O3.ClH/c1-24(17-9-11-23-12-10-17)20(26)16-7-8-18-19(13-16)22(28)25(21(18)27)14-15-5-3-2-4-6-15;/h2-8,13,17,23H,9-12,14H2,1H3;1H. The highest BCUT2D eigenvalue weighted by atomic mass is 35.5. The van der Waals surface area contributed by atoms with E-state index in [-0.39, 0.29) is 42.7 Å². The first kappa shape index (κ1) is 21.0. The van der Waals surface area contributed by atoms with Crippen molar-refractivity contribution in [1.29, 1.82) is 0 Å². The second-order valence-corrected chi connectivity index (χ2v) is 7.34. The molecule has 1 saturated heterocycles. The lowest BCUT2D eigenvalue weighted by atomic mass is 10.0. The van der Waals surface area contributed by atoms with Crippen molar-refractivity contribution in [2.45, 2.75) is 25.4 Å². The van der Waals surface area contributed by atoms with Gasteiger partial charge in [0, 0.05) is 18.7 Å². The Kier molecular flexibility index (Phi) is 6.35. The molecule has 152 valence electrons. The molecule has 1 N–H and O–H groups in total. The smallest absolute Gasteiger partial charge is 0.261 e. The molecule has 2 aromatic rings. The van der Waals surface area contributed by atoms with Crippen molar-refractivity contribution in [2.75, 3.05) is 20.1 Å². The topological polar surface area (TPSA) is 69.7 Å². The molecular weight excluding hydrogens is 390 g/mol. The van der Waals surface area contributed by atoms with Gasteiger partial charge in [0.2, 0.25) is 0 Å². The van der Waals surface area contributed by atoms with Crippen LogP contribution >= 0.6 is 12.4 Å². The van der Waals surface area contributed by atoms with Gasteiger partial charge in [-0.05, 0) is 49.7 Å². The van der Waals surface area contributed by atoms with Gasteiger partial charge >= 0.3 is 0 Å². The molecule has 1 fully saturated rings. The maximum atomic E-state index is 12.9. The summed E-state index contributed by atoms with van der Waals surface area (Å²) in [6, 6.07) is 14.4. The van der Waals surface area contributed by atoms with Crippen molar-refractivity contribution < 1.29 is 14.4 Å². The molecule has 0 spiro atoms. The highest BCUT2D eigenvalue weighted by molar-refractivity contribution is 6.22. The van der Waals surface area contributed by atoms with E-state index in [1.54, 1.807) is 30.1 Å². The zero-order valence-corrected chi connectivity index (χ0v) is 17.1. The number of halogens is 1. The van der Waals surface area contributed by atoms with Crippen LogP contribution in [0, 0.1) is 0 Å². The van der Waals surface area contributed by atoms with Gasteiger partial charge in [0.1, 0.15) is 0 Å². The maximum Gasteiger partial charge on any atom is 0.261 e. The van der Waals surface area contributed by atoms with Crippen molar-refractivity contribution in [3.05, 3.63) is 70.8 Å². The van der Waals surface area contributed by atoms with Crippen LogP contribution in [0.25, 0.3) is 0 Å². The number of amides is 3. The molecule has 0 saturated carbocycles. The zero-order valence-electron chi connectivity index (χ0n) is 16.3. The van der Waals surface area contributed by atoms with Gasteiger partial charge in [-0.2, -0.15) is 0 Å². The Morgan fingerprint density at radius 3 is 2.38 bits per heavy atom. The van der Waals surface area contributed by atoms with Gasteiger partial charge in [-0.15, -0.1) is 12.4 Å². The lowest BCUT2D eigenvalue weighted by Gasteiger charge is -2.31. The Balaban J connectivity index is 0.00000240. The lowest BCUT2D eigenvalue weighted by Crippen LogP contribution is -2.44. The number of nitrogens with zero attached hydrogens (tertiary/aromatic N) is 2. The van der Waals surface area contributed by atoms with Crippen molar-refractivity contribution in [2.24, 2.45) is 0 Å². The Bertz CT molecular complexity index is 926. The molecule has 0 bridgehead atoms. The molecule has 0 radical (unpaired) electrons. The molecule has 29 heavy (non-hydrogen) atoms. The predicted molar refractivity (Wildman–Crippen MR) is 112 cm³/mol. The molecule has 0 aliphatic carbocycles. The van der Waals surface area contributed by atoms with Crippen LogP contribution in [0.1, 0.15) is 49.5 Å². The summed E-state index contributed by atoms with van der Waals surface area (Å²) in [6.45, 7) is 2.02. The average molecular weight is 414 g/mol. The normalized spacial score (nSPS) is 16.4. The minimum absolute atomic E-state index is 0. The van der Waals surface area contributed by atoms with Crippen molar-refractivity contribution >= 4 is 30.1 Å². The van der Waals surface area contributed by atoms with Crippen LogP contribution in [-0.2, 0) is 6.54 Å². The zero-order chi connectivity index (χ0) is 19.7. The summed E-state index contributed by atoms with van der Waals surface area (Å²) in [7, 11) is 1.81. The van der Waals surface area contributed by atoms with Crippen LogP contribution in [0.4, 0.5) is 0 Å². The third-order valence-electron chi connectivity index (χ3n) is 5.58. The number of imide groups is 1. The molecule has 7 heteroatoms. The average Bonchev–Trinajstić information content (AvgIpc) is 2.98. The second kappa shape index (κ2) is 8.76. The first-order valence-electron chi connectivity index (χ1n) is 9.58. The minimum atomic E-state index is -0.344. The molecular formula is C22H24ClN3O3. The van der Waals surface area contributed by atoms with Gasteiger partial charge in [0.25, 0.3) is 17.7 Å². The second-order valence-electron chi connectivity index (χ2n) is 7.34. The molecule has 2 aliphatic rings. The molecule has 2 heterocycles. The van der Waals surface area contributed by atoms with Gasteiger partial charge in [-0.25, -0.2) is 0 Å². The van der Waals surface area contributed by atoms with E-state index in [4.69, 9.17) is 0 Å². The quantitative estimate of drug-likeness (QED) is 0.782. The fourth-order valence-electron chi connectivity index (χ4n) is 3.90. The summed E-state index contributed by atoms with van der Waals surface area (Å²) < 4.78 is 0. The van der Waals surface area contributed by atoms with Gasteiger partial charge < -0.3 is 10.2 Å². The van der Waals surface area contributed by atoms with Crippen LogP contribution in [0.3, 0.4) is 0 Å². The molecule has 2 aromatic carbocycles. The van der Waals surface area contributed by atoms with Crippen molar-refractivity contribution in [3.8, 4) is 0 Å². The van der Waals surface area contributed by atoms with E-state index >= 15 is 0 Å². The fourth-order valence-corrected chi connectivity index (χ4v) is 3.90. The van der Waals surface area contributed by atoms with E-state index < -0.39 is 0 Å². The summed E-state index contributed by atoms with van der Waals surface area (Å²) in [6.07, 6.45) is 1.82. The number of piperidine rings is 1. The maximum absolute atomic E-state index is 12.9. The minimum Gasteiger partial charge on any atom is -0.339 e. The SMILES string of the molecule is CN(C(=O)c1ccc2c(c1)C(=O)N(Cc1ccccc1)C2=O)C1CCNCC1.Cl. The fraction of sp³-hybridized carbons (Fsp3) is 0.318. The number of hydrogen-bond donors (Lipinski definition) is 1. The highest BCUT2D eigenvalue weighted by Crippen LogP contribution is 2.26. The van der Waals surface area contributed by atoms with Crippen LogP contribution in [0.2, 0.25) is 0 Å². The monoisotopic (exact) mass is 413 g/mol. The van der Waals surface area contributed by atoms with Crippen molar-refractivity contribution in [1.82, 2.24) is 15.1 Å². The first-order chi connectivity index (χ1) is 13.6. The van der Waals surface area contributed by atoms with E-state index in [0.29, 0.717) is 16.7 Å².